The van der Waals surface area contributed by atoms with Crippen molar-refractivity contribution in [3.63, 3.8) is 0 Å². The van der Waals surface area contributed by atoms with E-state index < -0.39 is 6.10 Å². The topological polar surface area (TPSA) is 78.9 Å². The Morgan fingerprint density at radius 2 is 0.574 bits per heavy atom. The second-order valence-corrected chi connectivity index (χ2v) is 18.1. The Labute approximate surface area is 419 Å². The van der Waals surface area contributed by atoms with Crippen molar-refractivity contribution in [1.82, 2.24) is 0 Å². The molecule has 1 atom stereocenters. The van der Waals surface area contributed by atoms with Gasteiger partial charge in [-0.3, -0.25) is 14.4 Å². The van der Waals surface area contributed by atoms with E-state index in [4.69, 9.17) is 14.2 Å². The molecule has 0 aliphatic carbocycles. The molecule has 6 nitrogen and oxygen atoms in total. The molecule has 0 aromatic carbocycles. The van der Waals surface area contributed by atoms with Crippen LogP contribution in [0.1, 0.15) is 245 Å². The number of hydrogen-bond acceptors (Lipinski definition) is 6. The largest absolute Gasteiger partial charge is 0.462 e. The van der Waals surface area contributed by atoms with Crippen LogP contribution < -0.4 is 0 Å². The van der Waals surface area contributed by atoms with E-state index in [1.54, 1.807) is 0 Å². The van der Waals surface area contributed by atoms with Crippen LogP contribution in [0, 0.1) is 0 Å². The fourth-order valence-corrected chi connectivity index (χ4v) is 7.37. The lowest BCUT2D eigenvalue weighted by Crippen LogP contribution is -2.30. The maximum atomic E-state index is 12.7. The molecule has 0 aromatic rings. The molecular formula is C62H102O6. The van der Waals surface area contributed by atoms with E-state index in [1.807, 2.05) is 0 Å². The third kappa shape index (κ3) is 53.0. The average Bonchev–Trinajstić information content (AvgIpc) is 3.34. The van der Waals surface area contributed by atoms with Crippen LogP contribution >= 0.6 is 0 Å². The Kier molecular flexibility index (Phi) is 52.4. The van der Waals surface area contributed by atoms with Gasteiger partial charge in [-0.2, -0.15) is 0 Å². The van der Waals surface area contributed by atoms with E-state index in [2.05, 4.69) is 130 Å². The lowest BCUT2D eigenvalue weighted by atomic mass is 10.1. The first kappa shape index (κ1) is 64.1. The first-order chi connectivity index (χ1) is 33.5. The van der Waals surface area contributed by atoms with E-state index in [1.165, 1.54) is 70.6 Å². The van der Waals surface area contributed by atoms with Crippen molar-refractivity contribution < 1.29 is 28.6 Å². The van der Waals surface area contributed by atoms with E-state index in [9.17, 15) is 14.4 Å². The fraction of sp³-hybridized carbons (Fsp3) is 0.661. The molecule has 0 N–H and O–H groups in total. The molecular weight excluding hydrogens is 841 g/mol. The van der Waals surface area contributed by atoms with Gasteiger partial charge in [-0.1, -0.05) is 246 Å². The second-order valence-electron chi connectivity index (χ2n) is 18.1. The Hall–Kier alpha value is -3.93. The number of hydrogen-bond donors (Lipinski definition) is 0. The Morgan fingerprint density at radius 3 is 0.897 bits per heavy atom. The summed E-state index contributed by atoms with van der Waals surface area (Å²) in [5.74, 6) is -0.912. The summed E-state index contributed by atoms with van der Waals surface area (Å²) in [6, 6.07) is 0. The zero-order valence-corrected chi connectivity index (χ0v) is 44.1. The standard InChI is InChI=1S/C62H102O6/c1-4-7-10-13-16-19-20-21-22-23-24-25-26-27-28-29-30-31-32-33-34-35-36-37-38-39-40-41-42-44-46-49-52-55-61(64)67-58-59(57-66-60(63)54-51-48-45-18-15-12-9-6-3)68-62(65)56-53-50-47-43-17-14-11-8-5-2/h7,10,16,19,21-22,24-25,27-28,30-31,33-34,36-37,39-40,59H,4-6,8-9,11-15,17-18,20,23,26,29,32,35,38,41-58H2,1-3H3/b10-7-,19-16-,22-21-,25-24-,28-27-,31-30-,34-33-,37-36-,40-39-. The molecule has 68 heavy (non-hydrogen) atoms. The highest BCUT2D eigenvalue weighted by Gasteiger charge is 2.19. The maximum Gasteiger partial charge on any atom is 0.306 e. The highest BCUT2D eigenvalue weighted by atomic mass is 16.6. The van der Waals surface area contributed by atoms with Crippen LogP contribution in [0.3, 0.4) is 0 Å². The van der Waals surface area contributed by atoms with Crippen molar-refractivity contribution in [2.75, 3.05) is 13.2 Å². The molecule has 0 fully saturated rings. The maximum absolute atomic E-state index is 12.7. The molecule has 0 radical (unpaired) electrons. The molecule has 0 rings (SSSR count). The summed E-state index contributed by atoms with van der Waals surface area (Å²) < 4.78 is 16.7. The lowest BCUT2D eigenvalue weighted by molar-refractivity contribution is -0.167. The minimum Gasteiger partial charge on any atom is -0.462 e. The van der Waals surface area contributed by atoms with Crippen molar-refractivity contribution in [3.8, 4) is 0 Å². The third-order valence-corrected chi connectivity index (χ3v) is 11.5. The molecule has 1 unspecified atom stereocenters. The van der Waals surface area contributed by atoms with Gasteiger partial charge in [0.05, 0.1) is 0 Å². The summed E-state index contributed by atoms with van der Waals surface area (Å²) in [4.78, 5) is 37.8. The molecule has 0 aliphatic rings. The summed E-state index contributed by atoms with van der Waals surface area (Å²) in [6.45, 7) is 6.45. The summed E-state index contributed by atoms with van der Waals surface area (Å²) in [6.07, 6.45) is 75.4. The predicted molar refractivity (Wildman–Crippen MR) is 293 cm³/mol. The highest BCUT2D eigenvalue weighted by molar-refractivity contribution is 5.71. The summed E-state index contributed by atoms with van der Waals surface area (Å²) in [7, 11) is 0. The average molecular weight is 943 g/mol. The predicted octanol–water partition coefficient (Wildman–Crippen LogP) is 18.7. The molecule has 0 saturated heterocycles. The molecule has 0 aromatic heterocycles. The minimum absolute atomic E-state index is 0.0823. The SMILES string of the molecule is CC/C=C\C/C=C\C/C=C\C/C=C\C/C=C\C/C=C\C/C=C\C/C=C\C/C=C\CCCCCCCC(=O)OCC(COC(=O)CCCCCCCCCC)OC(=O)CCCCCCCCCCC. The summed E-state index contributed by atoms with van der Waals surface area (Å²) in [5, 5.41) is 0. The van der Waals surface area contributed by atoms with E-state index >= 15 is 0 Å². The van der Waals surface area contributed by atoms with E-state index in [0.29, 0.717) is 19.3 Å². The Bertz CT molecular complexity index is 1410. The number of allylic oxidation sites excluding steroid dienone is 18. The van der Waals surface area contributed by atoms with Crippen molar-refractivity contribution >= 4 is 17.9 Å². The van der Waals surface area contributed by atoms with Gasteiger partial charge in [0.1, 0.15) is 13.2 Å². The van der Waals surface area contributed by atoms with Gasteiger partial charge in [0, 0.05) is 19.3 Å². The normalized spacial score (nSPS) is 12.9. The number of ether oxygens (including phenoxy) is 3. The van der Waals surface area contributed by atoms with Crippen LogP contribution in [0.25, 0.3) is 0 Å². The summed E-state index contributed by atoms with van der Waals surface area (Å²) in [5.41, 5.74) is 0. The minimum atomic E-state index is -0.780. The van der Waals surface area contributed by atoms with Crippen molar-refractivity contribution in [2.45, 2.75) is 252 Å². The molecule has 386 valence electrons. The van der Waals surface area contributed by atoms with Gasteiger partial charge in [-0.05, 0) is 89.9 Å². The van der Waals surface area contributed by atoms with Crippen LogP contribution in [0.5, 0.6) is 0 Å². The van der Waals surface area contributed by atoms with Crippen molar-refractivity contribution in [3.05, 3.63) is 109 Å². The number of carbonyl (C=O) groups is 3. The molecule has 0 bridgehead atoms. The van der Waals surface area contributed by atoms with Gasteiger partial charge >= 0.3 is 17.9 Å². The quantitative estimate of drug-likeness (QED) is 0.0262. The number of carbonyl (C=O) groups excluding carboxylic acids is 3. The van der Waals surface area contributed by atoms with E-state index in [-0.39, 0.29) is 31.1 Å². The Morgan fingerprint density at radius 1 is 0.309 bits per heavy atom. The van der Waals surface area contributed by atoms with Gasteiger partial charge in [0.2, 0.25) is 0 Å². The first-order valence-corrected chi connectivity index (χ1v) is 27.9. The van der Waals surface area contributed by atoms with Crippen molar-refractivity contribution in [2.24, 2.45) is 0 Å². The van der Waals surface area contributed by atoms with Gasteiger partial charge in [0.25, 0.3) is 0 Å². The first-order valence-electron chi connectivity index (χ1n) is 27.9. The molecule has 6 heteroatoms. The molecule has 0 spiro atoms. The van der Waals surface area contributed by atoms with Crippen LogP contribution in [0.4, 0.5) is 0 Å². The van der Waals surface area contributed by atoms with Crippen molar-refractivity contribution in [1.29, 1.82) is 0 Å². The summed E-state index contributed by atoms with van der Waals surface area (Å²) >= 11 is 0. The van der Waals surface area contributed by atoms with Crippen LogP contribution in [0.2, 0.25) is 0 Å². The van der Waals surface area contributed by atoms with Crippen LogP contribution in [-0.4, -0.2) is 37.2 Å². The van der Waals surface area contributed by atoms with Crippen LogP contribution in [-0.2, 0) is 28.6 Å². The molecule has 0 amide bonds. The zero-order chi connectivity index (χ0) is 49.3. The number of unbranched alkanes of at least 4 members (excludes halogenated alkanes) is 20. The molecule has 0 heterocycles. The number of rotatable bonds is 49. The molecule has 0 aliphatic heterocycles. The van der Waals surface area contributed by atoms with Gasteiger partial charge in [0.15, 0.2) is 6.10 Å². The molecule has 0 saturated carbocycles. The Balaban J connectivity index is 4.14. The second kappa shape index (κ2) is 55.7. The van der Waals surface area contributed by atoms with Gasteiger partial charge in [-0.25, -0.2) is 0 Å². The highest BCUT2D eigenvalue weighted by Crippen LogP contribution is 2.14. The third-order valence-electron chi connectivity index (χ3n) is 11.5. The zero-order valence-electron chi connectivity index (χ0n) is 44.1. The van der Waals surface area contributed by atoms with Gasteiger partial charge < -0.3 is 14.2 Å². The number of esters is 3. The van der Waals surface area contributed by atoms with E-state index in [0.717, 1.165) is 135 Å². The smallest absolute Gasteiger partial charge is 0.306 e. The monoisotopic (exact) mass is 943 g/mol. The van der Waals surface area contributed by atoms with Gasteiger partial charge in [-0.15, -0.1) is 0 Å². The fourth-order valence-electron chi connectivity index (χ4n) is 7.37. The lowest BCUT2D eigenvalue weighted by Gasteiger charge is -2.18. The van der Waals surface area contributed by atoms with Crippen LogP contribution in [0.15, 0.2) is 109 Å².